The van der Waals surface area contributed by atoms with Crippen LogP contribution >= 0.6 is 0 Å². The smallest absolute Gasteiger partial charge is 0.228 e. The molecule has 1 aromatic rings. The number of carbonyl (C=O) groups excluding carboxylic acids is 3. The van der Waals surface area contributed by atoms with Gasteiger partial charge in [0.25, 0.3) is 0 Å². The third kappa shape index (κ3) is 1.19. The quantitative estimate of drug-likeness (QED) is 0.546. The van der Waals surface area contributed by atoms with Crippen LogP contribution in [0.2, 0.25) is 0 Å². The highest BCUT2D eigenvalue weighted by molar-refractivity contribution is 6.32. The third-order valence-corrected chi connectivity index (χ3v) is 2.25. The summed E-state index contributed by atoms with van der Waals surface area (Å²) in [6, 6.07) is 6.07. The van der Waals surface area contributed by atoms with Gasteiger partial charge in [-0.1, -0.05) is 24.3 Å². The van der Waals surface area contributed by atoms with Gasteiger partial charge in [0.05, 0.1) is 0 Å². The zero-order valence-corrected chi connectivity index (χ0v) is 7.56. The molecule has 0 saturated heterocycles. The topological polar surface area (TPSA) is 71.4 Å². The number of aliphatic hydroxyl groups is 1. The fourth-order valence-electron chi connectivity index (χ4n) is 1.49. The number of hydrogen-bond donors (Lipinski definition) is 1. The Labute approximate surface area is 84.8 Å². The molecule has 0 spiro atoms. The van der Waals surface area contributed by atoms with E-state index in [2.05, 4.69) is 0 Å². The van der Waals surface area contributed by atoms with Gasteiger partial charge in [0.1, 0.15) is 5.57 Å². The highest BCUT2D eigenvalue weighted by Gasteiger charge is 2.31. The zero-order chi connectivity index (χ0) is 11.0. The number of allylic oxidation sites excluding steroid dienone is 2. The Hall–Kier alpha value is -2.23. The van der Waals surface area contributed by atoms with Crippen LogP contribution in [-0.4, -0.2) is 23.0 Å². The molecule has 1 aliphatic rings. The van der Waals surface area contributed by atoms with Crippen molar-refractivity contribution in [2.24, 2.45) is 0 Å². The van der Waals surface area contributed by atoms with Crippen molar-refractivity contribution < 1.29 is 19.5 Å². The molecular weight excluding hydrogens is 196 g/mol. The largest absolute Gasteiger partial charge is 0.504 e. The molecule has 4 heteroatoms. The van der Waals surface area contributed by atoms with Crippen molar-refractivity contribution in [1.82, 2.24) is 0 Å². The molecule has 2 rings (SSSR count). The van der Waals surface area contributed by atoms with Gasteiger partial charge in [-0.15, -0.1) is 0 Å². The van der Waals surface area contributed by atoms with E-state index in [9.17, 15) is 19.5 Å². The lowest BCUT2D eigenvalue weighted by atomic mass is 9.89. The fraction of sp³-hybridized carbons (Fsp3) is 0. The summed E-state index contributed by atoms with van der Waals surface area (Å²) in [6.07, 6.45) is 0.200. The number of ketones is 2. The molecule has 0 saturated carbocycles. The summed E-state index contributed by atoms with van der Waals surface area (Å²) in [5.41, 5.74) is -0.188. The molecule has 0 radical (unpaired) electrons. The summed E-state index contributed by atoms with van der Waals surface area (Å²) in [7, 11) is 0. The third-order valence-electron chi connectivity index (χ3n) is 2.25. The van der Waals surface area contributed by atoms with E-state index >= 15 is 0 Å². The minimum Gasteiger partial charge on any atom is -0.504 e. The molecule has 15 heavy (non-hydrogen) atoms. The van der Waals surface area contributed by atoms with E-state index in [4.69, 9.17) is 0 Å². The van der Waals surface area contributed by atoms with Gasteiger partial charge in [0.15, 0.2) is 12.0 Å². The molecule has 0 aliphatic heterocycles. The molecule has 1 aromatic carbocycles. The average Bonchev–Trinajstić information content (AvgIpc) is 2.27. The highest BCUT2D eigenvalue weighted by Crippen LogP contribution is 2.23. The molecule has 1 N–H and O–H groups in total. The SMILES string of the molecule is O=CC1=C(O)C(=O)c2ccccc2C1=O. The van der Waals surface area contributed by atoms with E-state index in [1.807, 2.05) is 0 Å². The lowest BCUT2D eigenvalue weighted by Gasteiger charge is -2.13. The van der Waals surface area contributed by atoms with E-state index in [1.165, 1.54) is 12.1 Å². The van der Waals surface area contributed by atoms with Gasteiger partial charge in [0.2, 0.25) is 11.6 Å². The lowest BCUT2D eigenvalue weighted by molar-refractivity contribution is -0.104. The van der Waals surface area contributed by atoms with Crippen molar-refractivity contribution in [2.75, 3.05) is 0 Å². The maximum absolute atomic E-state index is 11.6. The van der Waals surface area contributed by atoms with E-state index < -0.39 is 22.9 Å². The Morgan fingerprint density at radius 2 is 1.53 bits per heavy atom. The number of aliphatic hydroxyl groups excluding tert-OH is 1. The van der Waals surface area contributed by atoms with Crippen molar-refractivity contribution in [3.05, 3.63) is 46.7 Å². The first-order valence-electron chi connectivity index (χ1n) is 4.23. The molecule has 0 atom stereocenters. The number of aldehydes is 1. The normalized spacial score (nSPS) is 15.2. The Morgan fingerprint density at radius 1 is 1.00 bits per heavy atom. The van der Waals surface area contributed by atoms with Crippen molar-refractivity contribution >= 4 is 17.9 Å². The maximum Gasteiger partial charge on any atom is 0.228 e. The van der Waals surface area contributed by atoms with Crippen LogP contribution < -0.4 is 0 Å². The first kappa shape index (κ1) is 9.33. The van der Waals surface area contributed by atoms with E-state index in [1.54, 1.807) is 12.1 Å². The molecule has 1 aliphatic carbocycles. The monoisotopic (exact) mass is 202 g/mol. The second-order valence-corrected chi connectivity index (χ2v) is 3.08. The van der Waals surface area contributed by atoms with Gasteiger partial charge in [0, 0.05) is 11.1 Å². The highest BCUT2D eigenvalue weighted by atomic mass is 16.3. The van der Waals surface area contributed by atoms with Gasteiger partial charge in [-0.05, 0) is 0 Å². The summed E-state index contributed by atoms with van der Waals surface area (Å²) in [6.45, 7) is 0. The fourth-order valence-corrected chi connectivity index (χ4v) is 1.49. The molecule has 0 aromatic heterocycles. The second kappa shape index (κ2) is 3.16. The van der Waals surface area contributed by atoms with Crippen molar-refractivity contribution in [3.8, 4) is 0 Å². The van der Waals surface area contributed by atoms with Gasteiger partial charge < -0.3 is 5.11 Å². The Balaban J connectivity index is 2.73. The number of hydrogen-bond acceptors (Lipinski definition) is 4. The van der Waals surface area contributed by atoms with Crippen LogP contribution in [-0.2, 0) is 4.79 Å². The molecule has 0 bridgehead atoms. The Kier molecular flexibility index (Phi) is 1.97. The van der Waals surface area contributed by atoms with E-state index in [0.29, 0.717) is 0 Å². The molecule has 0 amide bonds. The standard InChI is InChI=1S/C11H6O4/c12-5-8-9(13)6-3-1-2-4-7(6)10(14)11(8)15/h1-5,15H. The molecule has 0 unspecified atom stereocenters. The average molecular weight is 202 g/mol. The number of Topliss-reactive ketones (excluding diaryl/α,β-unsaturated/α-hetero) is 2. The zero-order valence-electron chi connectivity index (χ0n) is 7.56. The minimum atomic E-state index is -0.770. The number of fused-ring (bicyclic) bond motifs is 1. The molecule has 4 nitrogen and oxygen atoms in total. The number of carbonyl (C=O) groups is 3. The summed E-state index contributed by atoms with van der Waals surface area (Å²) >= 11 is 0. The van der Waals surface area contributed by atoms with Crippen LogP contribution in [0.15, 0.2) is 35.6 Å². The van der Waals surface area contributed by atoms with Crippen LogP contribution in [0.3, 0.4) is 0 Å². The first-order chi connectivity index (χ1) is 7.16. The Bertz CT molecular complexity index is 511. The van der Waals surface area contributed by atoms with E-state index in [0.717, 1.165) is 0 Å². The predicted molar refractivity (Wildman–Crippen MR) is 50.8 cm³/mol. The summed E-state index contributed by atoms with van der Waals surface area (Å²) in [4.78, 5) is 33.7. The Morgan fingerprint density at radius 3 is 2.07 bits per heavy atom. The first-order valence-corrected chi connectivity index (χ1v) is 4.23. The van der Waals surface area contributed by atoms with Gasteiger partial charge >= 0.3 is 0 Å². The van der Waals surface area contributed by atoms with Gasteiger partial charge in [-0.2, -0.15) is 0 Å². The van der Waals surface area contributed by atoms with Crippen LogP contribution in [0.5, 0.6) is 0 Å². The molecular formula is C11H6O4. The summed E-state index contributed by atoms with van der Waals surface area (Å²) in [5.74, 6) is -2.07. The number of rotatable bonds is 1. The van der Waals surface area contributed by atoms with Crippen LogP contribution in [0.4, 0.5) is 0 Å². The molecule has 0 fully saturated rings. The second-order valence-electron chi connectivity index (χ2n) is 3.08. The van der Waals surface area contributed by atoms with Crippen molar-refractivity contribution in [2.45, 2.75) is 0 Å². The molecule has 74 valence electrons. The van der Waals surface area contributed by atoms with E-state index in [-0.39, 0.29) is 17.4 Å². The van der Waals surface area contributed by atoms with Crippen LogP contribution in [0, 0.1) is 0 Å². The summed E-state index contributed by atoms with van der Waals surface area (Å²) in [5, 5.41) is 9.33. The maximum atomic E-state index is 11.6. The number of benzene rings is 1. The van der Waals surface area contributed by atoms with Crippen LogP contribution in [0.25, 0.3) is 0 Å². The lowest BCUT2D eigenvalue weighted by Crippen LogP contribution is -2.22. The van der Waals surface area contributed by atoms with Gasteiger partial charge in [-0.3, -0.25) is 14.4 Å². The summed E-state index contributed by atoms with van der Waals surface area (Å²) < 4.78 is 0. The van der Waals surface area contributed by atoms with Gasteiger partial charge in [-0.25, -0.2) is 0 Å². The molecule has 0 heterocycles. The predicted octanol–water partition coefficient (Wildman–Crippen LogP) is 1.08. The minimum absolute atomic E-state index is 0.130. The van der Waals surface area contributed by atoms with Crippen molar-refractivity contribution in [1.29, 1.82) is 0 Å². The van der Waals surface area contributed by atoms with Crippen LogP contribution in [0.1, 0.15) is 20.7 Å². The van der Waals surface area contributed by atoms with Crippen molar-refractivity contribution in [3.63, 3.8) is 0 Å².